The van der Waals surface area contributed by atoms with Crippen LogP contribution in [0.5, 0.6) is 0 Å². The van der Waals surface area contributed by atoms with Crippen molar-refractivity contribution in [1.29, 1.82) is 0 Å². The van der Waals surface area contributed by atoms with E-state index in [1.54, 1.807) is 0 Å². The average molecular weight is 424 g/mol. The smallest absolute Gasteiger partial charge is 0.163 e. The second-order valence-electron chi connectivity index (χ2n) is 8.90. The fourth-order valence-corrected chi connectivity index (χ4v) is 5.75. The zero-order valence-corrected chi connectivity index (χ0v) is 17.8. The van der Waals surface area contributed by atoms with Crippen molar-refractivity contribution in [3.63, 3.8) is 0 Å². The molecule has 1 N–H and O–H groups in total. The Morgan fingerprint density at radius 1 is 1.00 bits per heavy atom. The molecule has 1 fully saturated rings. The van der Waals surface area contributed by atoms with Crippen LogP contribution in [0.15, 0.2) is 18.2 Å². The number of aromatic nitrogens is 5. The van der Waals surface area contributed by atoms with E-state index < -0.39 is 0 Å². The van der Waals surface area contributed by atoms with Crippen LogP contribution in [0.3, 0.4) is 0 Å². The number of halogens is 1. The van der Waals surface area contributed by atoms with Gasteiger partial charge < -0.3 is 4.74 Å². The lowest BCUT2D eigenvalue weighted by atomic mass is 9.78. The molecule has 0 bridgehead atoms. The van der Waals surface area contributed by atoms with Crippen molar-refractivity contribution in [2.24, 2.45) is 0 Å². The number of aryl methyl sites for hydroxylation is 1. The van der Waals surface area contributed by atoms with Gasteiger partial charge in [0, 0.05) is 28.1 Å². The number of hydrogen-bond donors (Lipinski definition) is 1. The van der Waals surface area contributed by atoms with E-state index in [1.165, 1.54) is 36.2 Å². The van der Waals surface area contributed by atoms with Gasteiger partial charge in [-0.2, -0.15) is 5.10 Å². The first-order valence-corrected chi connectivity index (χ1v) is 11.5. The molecule has 6 rings (SSSR count). The monoisotopic (exact) mass is 423 g/mol. The number of fused-ring (bicyclic) bond motifs is 4. The van der Waals surface area contributed by atoms with E-state index in [0.717, 1.165) is 60.0 Å². The largest absolute Gasteiger partial charge is 0.369 e. The Morgan fingerprint density at radius 2 is 1.83 bits per heavy atom. The van der Waals surface area contributed by atoms with Crippen LogP contribution in [-0.2, 0) is 30.8 Å². The number of benzene rings is 1. The maximum absolute atomic E-state index is 6.23. The molecule has 3 aliphatic rings. The fraction of sp³-hybridized carbons (Fsp3) is 0.522. The van der Waals surface area contributed by atoms with E-state index in [2.05, 4.69) is 25.9 Å². The number of nitrogens with one attached hydrogen (secondary N) is 1. The second kappa shape index (κ2) is 7.50. The average Bonchev–Trinajstić information content (AvgIpc) is 3.34. The van der Waals surface area contributed by atoms with Crippen molar-refractivity contribution in [3.8, 4) is 5.69 Å². The highest BCUT2D eigenvalue weighted by Crippen LogP contribution is 2.42. The molecule has 2 aromatic heterocycles. The van der Waals surface area contributed by atoms with E-state index in [0.29, 0.717) is 25.0 Å². The van der Waals surface area contributed by atoms with Gasteiger partial charge in [-0.3, -0.25) is 9.67 Å². The molecule has 1 saturated carbocycles. The summed E-state index contributed by atoms with van der Waals surface area (Å²) in [5, 5.41) is 17.9. The summed E-state index contributed by atoms with van der Waals surface area (Å²) in [6.07, 6.45) is 9.50. The molecule has 6 nitrogen and oxygen atoms in total. The van der Waals surface area contributed by atoms with Gasteiger partial charge in [0.2, 0.25) is 0 Å². The van der Waals surface area contributed by atoms with E-state index in [9.17, 15) is 0 Å². The van der Waals surface area contributed by atoms with Crippen LogP contribution in [0, 0.1) is 0 Å². The summed E-state index contributed by atoms with van der Waals surface area (Å²) < 4.78 is 8.05. The standard InChI is InChI=1S/C23H26ClN5O/c24-17-9-10-20-16(11-17)12-30-13-21-26-28-23(29(20)21)15-7-5-14(6-8-15)22-18-3-1-2-4-19(18)25-27-22/h9-11,14-15H,1-8,12-13H2,(H,25,27). The molecule has 0 amide bonds. The van der Waals surface area contributed by atoms with Crippen LogP contribution in [0.1, 0.15) is 84.5 Å². The van der Waals surface area contributed by atoms with Crippen molar-refractivity contribution >= 4 is 11.6 Å². The minimum Gasteiger partial charge on any atom is -0.369 e. The van der Waals surface area contributed by atoms with Crippen molar-refractivity contribution in [3.05, 3.63) is 57.4 Å². The topological polar surface area (TPSA) is 68.6 Å². The van der Waals surface area contributed by atoms with Crippen LogP contribution >= 0.6 is 11.6 Å². The van der Waals surface area contributed by atoms with Crippen LogP contribution in [0.4, 0.5) is 0 Å². The maximum atomic E-state index is 6.23. The van der Waals surface area contributed by atoms with Gasteiger partial charge in [-0.25, -0.2) is 0 Å². The molecule has 2 aliphatic carbocycles. The minimum absolute atomic E-state index is 0.416. The molecule has 30 heavy (non-hydrogen) atoms. The third-order valence-electron chi connectivity index (χ3n) is 7.09. The molecule has 0 saturated heterocycles. The highest BCUT2D eigenvalue weighted by molar-refractivity contribution is 6.30. The summed E-state index contributed by atoms with van der Waals surface area (Å²) in [5.74, 6) is 2.94. The second-order valence-corrected chi connectivity index (χ2v) is 9.33. The number of nitrogens with zero attached hydrogens (tertiary/aromatic N) is 4. The van der Waals surface area contributed by atoms with Crippen LogP contribution < -0.4 is 0 Å². The first-order chi connectivity index (χ1) is 14.8. The number of rotatable bonds is 2. The van der Waals surface area contributed by atoms with Gasteiger partial charge in [-0.15, -0.1) is 10.2 Å². The van der Waals surface area contributed by atoms with E-state index in [4.69, 9.17) is 21.4 Å². The Bertz CT molecular complexity index is 1080. The van der Waals surface area contributed by atoms with Gasteiger partial charge in [0.25, 0.3) is 0 Å². The SMILES string of the molecule is Clc1ccc2c(c1)COCc1nnc(C3CCC(c4n[nH]c5c4CCCC5)CC3)n1-2. The third kappa shape index (κ3) is 3.08. The molecule has 0 radical (unpaired) electrons. The lowest BCUT2D eigenvalue weighted by molar-refractivity contribution is 0.105. The Hall–Kier alpha value is -2.18. The normalized spacial score (nSPS) is 23.4. The van der Waals surface area contributed by atoms with Crippen LogP contribution in [0.25, 0.3) is 5.69 Å². The van der Waals surface area contributed by atoms with Crippen molar-refractivity contribution in [1.82, 2.24) is 25.0 Å². The van der Waals surface area contributed by atoms with Gasteiger partial charge in [-0.05, 0) is 75.1 Å². The summed E-state index contributed by atoms with van der Waals surface area (Å²) in [6.45, 7) is 1.03. The number of H-pyrrole nitrogens is 1. The van der Waals surface area contributed by atoms with Gasteiger partial charge >= 0.3 is 0 Å². The lowest BCUT2D eigenvalue weighted by Gasteiger charge is -2.28. The summed E-state index contributed by atoms with van der Waals surface area (Å²) in [7, 11) is 0. The summed E-state index contributed by atoms with van der Waals surface area (Å²) in [5.41, 5.74) is 6.45. The number of hydrogen-bond acceptors (Lipinski definition) is 4. The summed E-state index contributed by atoms with van der Waals surface area (Å²) in [4.78, 5) is 0. The van der Waals surface area contributed by atoms with E-state index in [1.807, 2.05) is 12.1 Å². The molecule has 1 aromatic carbocycles. The Morgan fingerprint density at radius 3 is 2.73 bits per heavy atom. The highest BCUT2D eigenvalue weighted by Gasteiger charge is 2.32. The Labute approximate surface area is 181 Å². The zero-order chi connectivity index (χ0) is 20.1. The quantitative estimate of drug-likeness (QED) is 0.630. The molecule has 156 valence electrons. The molecule has 0 unspecified atom stereocenters. The van der Waals surface area contributed by atoms with Crippen LogP contribution in [0.2, 0.25) is 5.02 Å². The summed E-state index contributed by atoms with van der Waals surface area (Å²) in [6, 6.07) is 6.01. The van der Waals surface area contributed by atoms with E-state index in [-0.39, 0.29) is 0 Å². The molecular formula is C23H26ClN5O. The van der Waals surface area contributed by atoms with Crippen molar-refractivity contribution in [2.45, 2.75) is 76.4 Å². The van der Waals surface area contributed by atoms with Crippen molar-refractivity contribution < 1.29 is 4.74 Å². The predicted molar refractivity (Wildman–Crippen MR) is 114 cm³/mol. The Kier molecular flexibility index (Phi) is 4.65. The first-order valence-electron chi connectivity index (χ1n) is 11.1. The summed E-state index contributed by atoms with van der Waals surface area (Å²) >= 11 is 6.23. The third-order valence-corrected chi connectivity index (χ3v) is 7.33. The Balaban J connectivity index is 1.27. The van der Waals surface area contributed by atoms with Crippen LogP contribution in [-0.4, -0.2) is 25.0 Å². The number of aromatic amines is 1. The van der Waals surface area contributed by atoms with E-state index >= 15 is 0 Å². The predicted octanol–water partition coefficient (Wildman–Crippen LogP) is 4.99. The molecule has 3 heterocycles. The molecule has 7 heteroatoms. The molecule has 0 atom stereocenters. The van der Waals surface area contributed by atoms with Gasteiger partial charge in [0.1, 0.15) is 12.4 Å². The van der Waals surface area contributed by atoms with Gasteiger partial charge in [0.15, 0.2) is 5.82 Å². The molecule has 3 aromatic rings. The zero-order valence-electron chi connectivity index (χ0n) is 17.0. The van der Waals surface area contributed by atoms with Crippen molar-refractivity contribution in [2.75, 3.05) is 0 Å². The van der Waals surface area contributed by atoms with Gasteiger partial charge in [-0.1, -0.05) is 11.6 Å². The van der Waals surface area contributed by atoms with Gasteiger partial charge in [0.05, 0.1) is 18.0 Å². The maximum Gasteiger partial charge on any atom is 0.163 e. The fourth-order valence-electron chi connectivity index (χ4n) is 5.56. The molecule has 0 spiro atoms. The minimum atomic E-state index is 0.416. The molecule has 1 aliphatic heterocycles. The lowest BCUT2D eigenvalue weighted by Crippen LogP contribution is -2.18. The number of ether oxygens (including phenoxy) is 1. The first kappa shape index (κ1) is 18.6. The molecular weight excluding hydrogens is 398 g/mol. The highest BCUT2D eigenvalue weighted by atomic mass is 35.5.